The van der Waals surface area contributed by atoms with Crippen LogP contribution in [0.1, 0.15) is 25.3 Å². The first-order chi connectivity index (χ1) is 14.6. The van der Waals surface area contributed by atoms with Crippen LogP contribution in [0, 0.1) is 11.8 Å². The summed E-state index contributed by atoms with van der Waals surface area (Å²) in [6.07, 6.45) is 5.80. The number of aliphatic hydroxyl groups is 1. The highest BCUT2D eigenvalue weighted by Gasteiger charge is 2.37. The Morgan fingerprint density at radius 1 is 1.29 bits per heavy atom. The van der Waals surface area contributed by atoms with E-state index >= 15 is 0 Å². The first kappa shape index (κ1) is 23.6. The Bertz CT molecular complexity index is 958. The molecular formula is C22H25ClIN3O4. The number of aliphatic hydroxyl groups excluding tert-OH is 1. The highest BCUT2D eigenvalue weighted by Crippen LogP contribution is 2.40. The summed E-state index contributed by atoms with van der Waals surface area (Å²) < 4.78 is 0.949. The van der Waals surface area contributed by atoms with Crippen molar-refractivity contribution >= 4 is 51.8 Å². The molecule has 3 N–H and O–H groups in total. The second kappa shape index (κ2) is 9.62. The maximum Gasteiger partial charge on any atom is 0.311 e. The number of amides is 1. The smallest absolute Gasteiger partial charge is 0.311 e. The lowest BCUT2D eigenvalue weighted by atomic mass is 9.88. The van der Waals surface area contributed by atoms with Crippen LogP contribution in [-0.2, 0) is 9.59 Å². The van der Waals surface area contributed by atoms with E-state index in [4.69, 9.17) is 11.6 Å². The molecule has 31 heavy (non-hydrogen) atoms. The van der Waals surface area contributed by atoms with Crippen LogP contribution < -0.4 is 10.4 Å². The van der Waals surface area contributed by atoms with Gasteiger partial charge < -0.3 is 15.1 Å². The first-order valence-electron chi connectivity index (χ1n) is 9.85. The Morgan fingerprint density at radius 3 is 2.48 bits per heavy atom. The third-order valence-corrected chi connectivity index (χ3v) is 7.32. The van der Waals surface area contributed by atoms with E-state index in [-0.39, 0.29) is 23.8 Å². The van der Waals surface area contributed by atoms with Crippen molar-refractivity contribution in [1.29, 1.82) is 0 Å². The van der Waals surface area contributed by atoms with Crippen molar-refractivity contribution in [1.82, 2.24) is 10.3 Å². The number of nitrogens with one attached hydrogen (secondary N) is 1. The van der Waals surface area contributed by atoms with Crippen LogP contribution in [0.5, 0.6) is 0 Å². The summed E-state index contributed by atoms with van der Waals surface area (Å²) in [5.74, 6) is -2.03. The fraction of sp³-hybridized carbons (Fsp3) is 0.364. The Morgan fingerprint density at radius 2 is 1.94 bits per heavy atom. The topological polar surface area (TPSA) is 93.1 Å². The summed E-state index contributed by atoms with van der Waals surface area (Å²) in [4.78, 5) is 26.4. The van der Waals surface area contributed by atoms with Gasteiger partial charge in [-0.3, -0.25) is 20.0 Å². The number of carboxylic acids is 1. The lowest BCUT2D eigenvalue weighted by Gasteiger charge is -2.29. The molecule has 0 aromatic heterocycles. The van der Waals surface area contributed by atoms with Crippen LogP contribution in [-0.4, -0.2) is 46.8 Å². The van der Waals surface area contributed by atoms with Crippen molar-refractivity contribution in [2.24, 2.45) is 11.8 Å². The number of benzene rings is 1. The van der Waals surface area contributed by atoms with E-state index in [1.165, 1.54) is 5.01 Å². The van der Waals surface area contributed by atoms with Crippen molar-refractivity contribution in [2.45, 2.75) is 25.8 Å². The normalized spacial score (nSPS) is 21.1. The second-order valence-corrected chi connectivity index (χ2v) is 9.47. The Hall–Kier alpha value is -2.04. The van der Waals surface area contributed by atoms with Gasteiger partial charge in [-0.15, -0.1) is 0 Å². The van der Waals surface area contributed by atoms with E-state index in [2.05, 4.69) is 28.0 Å². The molecule has 0 saturated carbocycles. The van der Waals surface area contributed by atoms with Gasteiger partial charge in [-0.1, -0.05) is 43.7 Å². The maximum atomic E-state index is 12.9. The van der Waals surface area contributed by atoms with Gasteiger partial charge in [0.2, 0.25) is 0 Å². The lowest BCUT2D eigenvalue weighted by Crippen LogP contribution is -2.46. The molecule has 1 aromatic carbocycles. The third kappa shape index (κ3) is 4.75. The number of hydrogen-bond donors (Lipinski definition) is 3. The molecule has 1 aliphatic heterocycles. The number of hydrogen-bond acceptors (Lipinski definition) is 5. The summed E-state index contributed by atoms with van der Waals surface area (Å²) in [5.41, 5.74) is 4.39. The summed E-state index contributed by atoms with van der Waals surface area (Å²) in [5, 5.41) is 21.3. The molecule has 7 nitrogen and oxygen atoms in total. The van der Waals surface area contributed by atoms with Crippen LogP contribution in [0.25, 0.3) is 0 Å². The highest BCUT2D eigenvalue weighted by molar-refractivity contribution is 14.1. The number of carbonyl (C=O) groups excluding carboxylic acids is 1. The Kier molecular flexibility index (Phi) is 7.33. The molecule has 1 amide bonds. The molecule has 3 unspecified atom stereocenters. The molecule has 9 heteroatoms. The van der Waals surface area contributed by atoms with E-state index in [1.807, 2.05) is 44.0 Å². The van der Waals surface area contributed by atoms with Crippen molar-refractivity contribution in [3.8, 4) is 0 Å². The van der Waals surface area contributed by atoms with Crippen LogP contribution >= 0.6 is 34.2 Å². The van der Waals surface area contributed by atoms with E-state index < -0.39 is 18.6 Å². The van der Waals surface area contributed by atoms with Gasteiger partial charge in [0.05, 0.1) is 17.6 Å². The molecule has 3 atom stereocenters. The van der Waals surface area contributed by atoms with Crippen LogP contribution in [0.2, 0.25) is 0 Å². The van der Waals surface area contributed by atoms with Crippen LogP contribution in [0.4, 0.5) is 5.69 Å². The van der Waals surface area contributed by atoms with Crippen molar-refractivity contribution in [3.05, 3.63) is 62.4 Å². The SMILES string of the molecule is CC(C)C(C(=O)O)c1ccc(N(CO)NC(=O)C2=CC3C(Cl)=C(I)C=CC3N2C)cc1. The first-order valence-corrected chi connectivity index (χ1v) is 11.3. The molecule has 2 aliphatic rings. The number of anilines is 1. The maximum absolute atomic E-state index is 12.9. The molecule has 0 spiro atoms. The van der Waals surface area contributed by atoms with Gasteiger partial charge in [0.25, 0.3) is 5.91 Å². The molecule has 1 heterocycles. The molecule has 0 bridgehead atoms. The molecule has 0 radical (unpaired) electrons. The third-order valence-electron chi connectivity index (χ3n) is 5.60. The van der Waals surface area contributed by atoms with Crippen molar-refractivity contribution in [3.63, 3.8) is 0 Å². The monoisotopic (exact) mass is 557 g/mol. The Balaban J connectivity index is 1.76. The van der Waals surface area contributed by atoms with E-state index in [9.17, 15) is 19.8 Å². The quantitative estimate of drug-likeness (QED) is 0.270. The number of allylic oxidation sites excluding steroid dienone is 2. The standard InChI is InChI=1S/C22H25ClIN3O4/c1-12(2)19(22(30)31)13-4-6-14(7-5-13)27(11-28)25-21(29)18-10-15-17(26(18)3)9-8-16(24)20(15)23/h4-10,12,15,17,19,28H,11H2,1-3H3,(H,25,29)(H,30,31). The largest absolute Gasteiger partial charge is 0.481 e. The van der Waals surface area contributed by atoms with Gasteiger partial charge in [-0.2, -0.15) is 0 Å². The average molecular weight is 558 g/mol. The summed E-state index contributed by atoms with van der Waals surface area (Å²) in [6.45, 7) is 3.27. The number of fused-ring (bicyclic) bond motifs is 1. The minimum atomic E-state index is -0.885. The Labute approximate surface area is 200 Å². The molecule has 1 aliphatic carbocycles. The number of halogens is 2. The minimum absolute atomic E-state index is 0.0300. The van der Waals surface area contributed by atoms with Gasteiger partial charge in [0, 0.05) is 21.6 Å². The molecular weight excluding hydrogens is 533 g/mol. The number of hydrazine groups is 1. The van der Waals surface area contributed by atoms with Crippen molar-refractivity contribution < 1.29 is 19.8 Å². The molecule has 3 rings (SSSR count). The van der Waals surface area contributed by atoms with Gasteiger partial charge in [-0.05, 0) is 58.4 Å². The fourth-order valence-electron chi connectivity index (χ4n) is 3.95. The number of likely N-dealkylation sites (N-methyl/N-ethyl adjacent to an activating group) is 1. The zero-order chi connectivity index (χ0) is 22.9. The fourth-order valence-corrected chi connectivity index (χ4v) is 4.78. The summed E-state index contributed by atoms with van der Waals surface area (Å²) in [7, 11) is 1.83. The van der Waals surface area contributed by atoms with Gasteiger partial charge >= 0.3 is 5.97 Å². The van der Waals surface area contributed by atoms with Gasteiger partial charge in [-0.25, -0.2) is 0 Å². The van der Waals surface area contributed by atoms with Gasteiger partial charge in [0.15, 0.2) is 0 Å². The number of carboxylic acid groups (broad SMARTS) is 1. The molecule has 166 valence electrons. The summed E-state index contributed by atoms with van der Waals surface area (Å²) in [6, 6.07) is 6.74. The lowest BCUT2D eigenvalue weighted by molar-refractivity contribution is -0.139. The molecule has 0 fully saturated rings. The summed E-state index contributed by atoms with van der Waals surface area (Å²) >= 11 is 8.62. The van der Waals surface area contributed by atoms with Crippen LogP contribution in [0.3, 0.4) is 0 Å². The molecule has 0 saturated heterocycles. The number of aliphatic carboxylic acids is 1. The zero-order valence-corrected chi connectivity index (χ0v) is 20.3. The number of nitrogens with zero attached hydrogens (tertiary/aromatic N) is 2. The zero-order valence-electron chi connectivity index (χ0n) is 17.4. The second-order valence-electron chi connectivity index (χ2n) is 7.90. The predicted molar refractivity (Wildman–Crippen MR) is 129 cm³/mol. The predicted octanol–water partition coefficient (Wildman–Crippen LogP) is 3.57. The van der Waals surface area contributed by atoms with Crippen molar-refractivity contribution in [2.75, 3.05) is 18.8 Å². The number of rotatable bonds is 7. The van der Waals surface area contributed by atoms with E-state index in [0.29, 0.717) is 22.0 Å². The van der Waals surface area contributed by atoms with Gasteiger partial charge in [0.1, 0.15) is 12.4 Å². The minimum Gasteiger partial charge on any atom is -0.481 e. The van der Waals surface area contributed by atoms with Crippen LogP contribution in [0.15, 0.2) is 56.8 Å². The number of carbonyl (C=O) groups is 2. The highest BCUT2D eigenvalue weighted by atomic mass is 127. The average Bonchev–Trinajstić information content (AvgIpc) is 3.06. The van der Waals surface area contributed by atoms with E-state index in [1.54, 1.807) is 24.3 Å². The van der Waals surface area contributed by atoms with E-state index in [0.717, 1.165) is 3.58 Å². The molecule has 1 aromatic rings.